The quantitative estimate of drug-likeness (QED) is 0.543. The molecule has 7 heteroatoms. The van der Waals surface area contributed by atoms with Crippen LogP contribution in [0.2, 0.25) is 5.02 Å². The minimum absolute atomic E-state index is 0.135. The molecule has 3 heterocycles. The van der Waals surface area contributed by atoms with Gasteiger partial charge in [-0.3, -0.25) is 4.79 Å². The van der Waals surface area contributed by atoms with Gasteiger partial charge in [-0.15, -0.1) is 0 Å². The third kappa shape index (κ3) is 6.13. The van der Waals surface area contributed by atoms with Gasteiger partial charge in [0.05, 0.1) is 18.2 Å². The number of fused-ring (bicyclic) bond motifs is 1. The number of piperidine rings is 1. The molecule has 0 radical (unpaired) electrons. The van der Waals surface area contributed by atoms with Gasteiger partial charge < -0.3 is 19.5 Å². The first-order valence-corrected chi connectivity index (χ1v) is 13.7. The van der Waals surface area contributed by atoms with Crippen molar-refractivity contribution in [2.45, 2.75) is 88.7 Å². The highest BCUT2D eigenvalue weighted by molar-refractivity contribution is 6.31. The van der Waals surface area contributed by atoms with Crippen LogP contribution in [0, 0.1) is 5.92 Å². The van der Waals surface area contributed by atoms with Crippen LogP contribution >= 0.6 is 11.6 Å². The van der Waals surface area contributed by atoms with Gasteiger partial charge in [-0.05, 0) is 102 Å². The number of hydrogen-bond acceptors (Lipinski definition) is 5. The number of amides is 1. The third-order valence-electron chi connectivity index (χ3n) is 8.19. The van der Waals surface area contributed by atoms with E-state index in [2.05, 4.69) is 15.4 Å². The maximum Gasteiger partial charge on any atom is 0.222 e. The molecule has 6 nitrogen and oxygen atoms in total. The van der Waals surface area contributed by atoms with Crippen LogP contribution < -0.4 is 5.32 Å². The van der Waals surface area contributed by atoms with E-state index in [4.69, 9.17) is 20.9 Å². The molecule has 2 aromatic rings. The van der Waals surface area contributed by atoms with Gasteiger partial charge in [0.1, 0.15) is 0 Å². The lowest BCUT2D eigenvalue weighted by molar-refractivity contribution is -0.125. The number of rotatable bonds is 7. The molecule has 0 bridgehead atoms. The maximum absolute atomic E-state index is 12.4. The highest BCUT2D eigenvalue weighted by Gasteiger charge is 2.27. The summed E-state index contributed by atoms with van der Waals surface area (Å²) in [6.45, 7) is 4.25. The van der Waals surface area contributed by atoms with Gasteiger partial charge in [-0.2, -0.15) is 0 Å². The number of hydrogen-bond donors (Lipinski definition) is 1. The van der Waals surface area contributed by atoms with Gasteiger partial charge in [0.25, 0.3) is 0 Å². The zero-order valence-electron chi connectivity index (χ0n) is 20.1. The Morgan fingerprint density at radius 2 is 1.91 bits per heavy atom. The summed E-state index contributed by atoms with van der Waals surface area (Å²) < 4.78 is 11.2. The Bertz CT molecular complexity index is 942. The van der Waals surface area contributed by atoms with Gasteiger partial charge in [0, 0.05) is 35.0 Å². The fourth-order valence-electron chi connectivity index (χ4n) is 6.08. The maximum atomic E-state index is 12.4. The summed E-state index contributed by atoms with van der Waals surface area (Å²) in [5.41, 5.74) is 1.89. The third-order valence-corrected chi connectivity index (χ3v) is 8.42. The van der Waals surface area contributed by atoms with Gasteiger partial charge in [-0.25, -0.2) is 0 Å². The molecule has 2 saturated heterocycles. The molecule has 1 aromatic carbocycles. The largest absolute Gasteiger partial charge is 0.378 e. The zero-order chi connectivity index (χ0) is 23.3. The molecule has 1 saturated carbocycles. The molecule has 0 unspecified atom stereocenters. The van der Waals surface area contributed by atoms with Crippen LogP contribution in [-0.4, -0.2) is 54.4 Å². The SMILES string of the molecule is O=C(C[C@@H]1CCCCO1)NC1CCC(CCN2CCC(c3noc4cc(Cl)ccc34)CC2)CC1. The summed E-state index contributed by atoms with van der Waals surface area (Å²) in [6, 6.07) is 6.17. The first-order valence-electron chi connectivity index (χ1n) is 13.3. The van der Waals surface area contributed by atoms with Crippen LogP contribution in [0.25, 0.3) is 11.0 Å². The smallest absolute Gasteiger partial charge is 0.222 e. The van der Waals surface area contributed by atoms with Crippen molar-refractivity contribution in [3.63, 3.8) is 0 Å². The number of halogens is 1. The first kappa shape index (κ1) is 24.1. The molecular formula is C27H38ClN3O3. The number of ether oxygens (including phenoxy) is 1. The van der Waals surface area contributed by atoms with E-state index in [-0.39, 0.29) is 12.0 Å². The lowest BCUT2D eigenvalue weighted by Gasteiger charge is -2.34. The van der Waals surface area contributed by atoms with E-state index in [9.17, 15) is 4.79 Å². The number of nitrogens with one attached hydrogen (secondary N) is 1. The monoisotopic (exact) mass is 487 g/mol. The summed E-state index contributed by atoms with van der Waals surface area (Å²) in [6.07, 6.45) is 12.3. The number of carbonyl (C=O) groups excluding carboxylic acids is 1. The van der Waals surface area contributed by atoms with Crippen molar-refractivity contribution in [3.05, 3.63) is 28.9 Å². The van der Waals surface area contributed by atoms with Crippen LogP contribution in [0.4, 0.5) is 0 Å². The summed E-state index contributed by atoms with van der Waals surface area (Å²) in [5, 5.41) is 9.45. The van der Waals surface area contributed by atoms with E-state index in [0.717, 1.165) is 80.8 Å². The van der Waals surface area contributed by atoms with E-state index in [1.165, 1.54) is 32.2 Å². The van der Waals surface area contributed by atoms with E-state index < -0.39 is 0 Å². The average Bonchev–Trinajstić information content (AvgIpc) is 3.27. The van der Waals surface area contributed by atoms with Gasteiger partial charge >= 0.3 is 0 Å². The molecule has 3 fully saturated rings. The normalized spacial score (nSPS) is 27.1. The minimum Gasteiger partial charge on any atom is -0.378 e. The Morgan fingerprint density at radius 1 is 1.09 bits per heavy atom. The second-order valence-electron chi connectivity index (χ2n) is 10.6. The molecule has 3 aliphatic rings. The lowest BCUT2D eigenvalue weighted by atomic mass is 9.83. The Labute approximate surface area is 207 Å². The predicted octanol–water partition coefficient (Wildman–Crippen LogP) is 5.68. The Hall–Kier alpha value is -1.63. The molecule has 2 aliphatic heterocycles. The predicted molar refractivity (Wildman–Crippen MR) is 134 cm³/mol. The molecule has 1 aliphatic carbocycles. The standard InChI is InChI=1S/C27H38ClN3O3/c28-21-6-9-24-25(17-21)34-30-27(24)20-11-14-31(15-12-20)13-10-19-4-7-22(8-5-19)29-26(32)18-23-3-1-2-16-33-23/h6,9,17,19-20,22-23H,1-5,7-8,10-16,18H2,(H,29,32)/t19?,22?,23-/m0/s1. The average molecular weight is 488 g/mol. The summed E-state index contributed by atoms with van der Waals surface area (Å²) in [5.74, 6) is 1.44. The van der Waals surface area contributed by atoms with Gasteiger partial charge in [0.15, 0.2) is 5.58 Å². The Balaban J connectivity index is 0.992. The van der Waals surface area contributed by atoms with Crippen LogP contribution in [0.5, 0.6) is 0 Å². The van der Waals surface area contributed by atoms with Crippen molar-refractivity contribution in [2.24, 2.45) is 5.92 Å². The van der Waals surface area contributed by atoms with Crippen molar-refractivity contribution < 1.29 is 14.1 Å². The van der Waals surface area contributed by atoms with Crippen LogP contribution in [-0.2, 0) is 9.53 Å². The number of benzene rings is 1. The minimum atomic E-state index is 0.135. The Kier molecular flexibility index (Phi) is 8.08. The molecule has 5 rings (SSSR count). The first-order chi connectivity index (χ1) is 16.6. The number of carbonyl (C=O) groups is 1. The fourth-order valence-corrected chi connectivity index (χ4v) is 6.24. The van der Waals surface area contributed by atoms with E-state index in [0.29, 0.717) is 23.4 Å². The molecule has 1 N–H and O–H groups in total. The van der Waals surface area contributed by atoms with Gasteiger partial charge in [-0.1, -0.05) is 16.8 Å². The second kappa shape index (κ2) is 11.4. The lowest BCUT2D eigenvalue weighted by Crippen LogP contribution is -2.40. The molecule has 186 valence electrons. The van der Waals surface area contributed by atoms with E-state index in [1.807, 2.05) is 18.2 Å². The summed E-state index contributed by atoms with van der Waals surface area (Å²) in [7, 11) is 0. The summed E-state index contributed by atoms with van der Waals surface area (Å²) >= 11 is 6.08. The molecule has 1 aromatic heterocycles. The molecule has 1 amide bonds. The zero-order valence-corrected chi connectivity index (χ0v) is 20.9. The molecular weight excluding hydrogens is 450 g/mol. The second-order valence-corrected chi connectivity index (χ2v) is 11.0. The van der Waals surface area contributed by atoms with Crippen molar-refractivity contribution in [2.75, 3.05) is 26.2 Å². The number of aromatic nitrogens is 1. The highest BCUT2D eigenvalue weighted by atomic mass is 35.5. The molecule has 1 atom stereocenters. The molecule has 0 spiro atoms. The van der Waals surface area contributed by atoms with Gasteiger partial charge in [0.2, 0.25) is 5.91 Å². The summed E-state index contributed by atoms with van der Waals surface area (Å²) in [4.78, 5) is 15.0. The van der Waals surface area contributed by atoms with Crippen molar-refractivity contribution in [1.29, 1.82) is 0 Å². The van der Waals surface area contributed by atoms with Crippen molar-refractivity contribution in [3.8, 4) is 0 Å². The van der Waals surface area contributed by atoms with Crippen molar-refractivity contribution in [1.82, 2.24) is 15.4 Å². The van der Waals surface area contributed by atoms with Crippen LogP contribution in [0.3, 0.4) is 0 Å². The van der Waals surface area contributed by atoms with E-state index in [1.54, 1.807) is 0 Å². The van der Waals surface area contributed by atoms with Crippen LogP contribution in [0.15, 0.2) is 22.7 Å². The number of likely N-dealkylation sites (tertiary alicyclic amines) is 1. The van der Waals surface area contributed by atoms with E-state index >= 15 is 0 Å². The molecule has 34 heavy (non-hydrogen) atoms. The Morgan fingerprint density at radius 3 is 2.68 bits per heavy atom. The topological polar surface area (TPSA) is 67.6 Å². The van der Waals surface area contributed by atoms with Crippen LogP contribution in [0.1, 0.15) is 82.2 Å². The fraction of sp³-hybridized carbons (Fsp3) is 0.704. The van der Waals surface area contributed by atoms with Crippen molar-refractivity contribution >= 4 is 28.5 Å². The number of nitrogens with zero attached hydrogens (tertiary/aromatic N) is 2. The highest BCUT2D eigenvalue weighted by Crippen LogP contribution is 2.34.